The number of esters is 1. The van der Waals surface area contributed by atoms with Gasteiger partial charge in [0.15, 0.2) is 16.3 Å². The van der Waals surface area contributed by atoms with Gasteiger partial charge in [0, 0.05) is 10.9 Å². The number of benzene rings is 3. The van der Waals surface area contributed by atoms with Crippen molar-refractivity contribution in [1.29, 1.82) is 0 Å². The summed E-state index contributed by atoms with van der Waals surface area (Å²) in [6, 6.07) is 20.5. The van der Waals surface area contributed by atoms with Crippen molar-refractivity contribution in [3.8, 4) is 28.5 Å². The molecule has 0 fully saturated rings. The second kappa shape index (κ2) is 10.6. The molecule has 0 amide bonds. The lowest BCUT2D eigenvalue weighted by Gasteiger charge is -2.24. The summed E-state index contributed by atoms with van der Waals surface area (Å²) in [5.74, 6) is 1.35. The molecular formula is C33H27N3O6S. The fourth-order valence-electron chi connectivity index (χ4n) is 5.69. The monoisotopic (exact) mass is 593 g/mol. The average molecular weight is 594 g/mol. The molecule has 5 aromatic rings. The molecule has 2 aromatic heterocycles. The van der Waals surface area contributed by atoms with E-state index in [9.17, 15) is 9.59 Å². The molecule has 3 aromatic carbocycles. The predicted molar refractivity (Wildman–Crippen MR) is 163 cm³/mol. The van der Waals surface area contributed by atoms with Crippen LogP contribution in [0.25, 0.3) is 28.2 Å². The molecule has 0 bridgehead atoms. The predicted octanol–water partition coefficient (Wildman–Crippen LogP) is 4.68. The summed E-state index contributed by atoms with van der Waals surface area (Å²) < 4.78 is 24.2. The number of nitrogens with zero attached hydrogens (tertiary/aromatic N) is 2. The zero-order valence-electron chi connectivity index (χ0n) is 23.7. The van der Waals surface area contributed by atoms with Crippen LogP contribution >= 0.6 is 11.3 Å². The Balaban J connectivity index is 1.48. The van der Waals surface area contributed by atoms with Gasteiger partial charge in [-0.1, -0.05) is 59.9 Å². The number of hydrogen-bond acceptors (Lipinski definition) is 8. The molecule has 1 N–H and O–H groups in total. The molecule has 2 aliphatic rings. The second-order valence-corrected chi connectivity index (χ2v) is 11.1. The van der Waals surface area contributed by atoms with E-state index < -0.39 is 12.0 Å². The number of rotatable bonds is 6. The van der Waals surface area contributed by atoms with Gasteiger partial charge in [0.05, 0.1) is 46.8 Å². The minimum Gasteiger partial charge on any atom is -0.495 e. The Morgan fingerprint density at radius 2 is 1.93 bits per heavy atom. The van der Waals surface area contributed by atoms with E-state index in [4.69, 9.17) is 23.9 Å². The van der Waals surface area contributed by atoms with Crippen molar-refractivity contribution in [3.63, 3.8) is 0 Å². The topological polar surface area (TPSA) is 104 Å². The quantitative estimate of drug-likeness (QED) is 0.287. The number of nitrogens with one attached hydrogen (secondary N) is 1. The first-order valence-corrected chi connectivity index (χ1v) is 14.6. The van der Waals surface area contributed by atoms with Crippen LogP contribution in [0.5, 0.6) is 17.2 Å². The van der Waals surface area contributed by atoms with Crippen molar-refractivity contribution < 1.29 is 23.7 Å². The minimum absolute atomic E-state index is 0.111. The molecule has 0 saturated heterocycles. The summed E-state index contributed by atoms with van der Waals surface area (Å²) in [4.78, 5) is 36.3. The van der Waals surface area contributed by atoms with Crippen molar-refractivity contribution >= 4 is 34.3 Å². The normalized spacial score (nSPS) is 15.9. The van der Waals surface area contributed by atoms with E-state index in [2.05, 4.69) is 4.98 Å². The van der Waals surface area contributed by atoms with Crippen LogP contribution in [0.15, 0.2) is 87.8 Å². The zero-order chi connectivity index (χ0) is 29.7. The van der Waals surface area contributed by atoms with Gasteiger partial charge in [-0.25, -0.2) is 9.79 Å². The van der Waals surface area contributed by atoms with Gasteiger partial charge in [-0.15, -0.1) is 0 Å². The van der Waals surface area contributed by atoms with Gasteiger partial charge in [-0.3, -0.25) is 9.36 Å². The molecule has 216 valence electrons. The van der Waals surface area contributed by atoms with Crippen LogP contribution in [0.1, 0.15) is 31.0 Å². The summed E-state index contributed by atoms with van der Waals surface area (Å²) in [7, 11) is 1.63. The lowest BCUT2D eigenvalue weighted by molar-refractivity contribution is -0.139. The summed E-state index contributed by atoms with van der Waals surface area (Å²) in [5.41, 5.74) is 4.75. The van der Waals surface area contributed by atoms with Crippen molar-refractivity contribution in [2.75, 3.05) is 20.5 Å². The highest BCUT2D eigenvalue weighted by Gasteiger charge is 2.34. The van der Waals surface area contributed by atoms with Crippen LogP contribution < -0.4 is 29.1 Å². The Morgan fingerprint density at radius 3 is 2.72 bits per heavy atom. The number of aromatic nitrogens is 2. The highest BCUT2D eigenvalue weighted by Crippen LogP contribution is 2.39. The molecule has 43 heavy (non-hydrogen) atoms. The van der Waals surface area contributed by atoms with Gasteiger partial charge < -0.3 is 23.9 Å². The molecule has 2 aliphatic heterocycles. The molecule has 0 saturated carbocycles. The third-order valence-corrected chi connectivity index (χ3v) is 8.61. The number of carbonyl (C=O) groups is 1. The lowest BCUT2D eigenvalue weighted by atomic mass is 9.95. The first-order valence-electron chi connectivity index (χ1n) is 13.8. The van der Waals surface area contributed by atoms with E-state index in [1.807, 2.05) is 66.7 Å². The van der Waals surface area contributed by atoms with Crippen LogP contribution in [0.3, 0.4) is 0 Å². The van der Waals surface area contributed by atoms with E-state index in [-0.39, 0.29) is 19.0 Å². The number of H-pyrrole nitrogens is 1. The molecule has 9 nitrogen and oxygen atoms in total. The molecular weight excluding hydrogens is 566 g/mol. The van der Waals surface area contributed by atoms with E-state index in [0.29, 0.717) is 43.4 Å². The number of thiazole rings is 1. The van der Waals surface area contributed by atoms with Crippen LogP contribution in [0, 0.1) is 0 Å². The maximum Gasteiger partial charge on any atom is 0.338 e. The molecule has 0 spiro atoms. The third kappa shape index (κ3) is 4.42. The first kappa shape index (κ1) is 26.8. The van der Waals surface area contributed by atoms with Crippen LogP contribution in [0.4, 0.5) is 0 Å². The molecule has 0 aliphatic carbocycles. The smallest absolute Gasteiger partial charge is 0.338 e. The number of fused-ring (bicyclic) bond motifs is 3. The number of allylic oxidation sites excluding steroid dienone is 1. The first-order chi connectivity index (χ1) is 21.0. The standard InChI is InChI=1S/C33H27N3O6S/c1-4-40-32(38)27-18(2)34-33-36(30(27)20-13-14-23-25(15-20)42-17-41-23)31(37)26(43-33)16-22-21-11-8-12-24(39-3)29(21)35-28(22)19-9-6-5-7-10-19/h5-16,30,35H,4,17H2,1-3H3/t30-/m0/s1. The van der Waals surface area contributed by atoms with Crippen molar-refractivity contribution in [1.82, 2.24) is 9.55 Å². The van der Waals surface area contributed by atoms with Gasteiger partial charge in [-0.05, 0) is 49.2 Å². The maximum absolute atomic E-state index is 14.3. The van der Waals surface area contributed by atoms with Crippen LogP contribution in [-0.4, -0.2) is 36.0 Å². The summed E-state index contributed by atoms with van der Waals surface area (Å²) in [5, 5.41) is 0.916. The summed E-state index contributed by atoms with van der Waals surface area (Å²) in [6.45, 7) is 3.82. The average Bonchev–Trinajstić information content (AvgIpc) is 3.72. The van der Waals surface area contributed by atoms with Crippen molar-refractivity contribution in [2.45, 2.75) is 19.9 Å². The van der Waals surface area contributed by atoms with Gasteiger partial charge in [0.1, 0.15) is 5.75 Å². The number of carbonyl (C=O) groups excluding carboxylic acids is 1. The van der Waals surface area contributed by atoms with Crippen LogP contribution in [0.2, 0.25) is 0 Å². The van der Waals surface area contributed by atoms with Gasteiger partial charge >= 0.3 is 5.97 Å². The third-order valence-electron chi connectivity index (χ3n) is 7.62. The fourth-order valence-corrected chi connectivity index (χ4v) is 6.71. The Labute approximate surface area is 249 Å². The van der Waals surface area contributed by atoms with Crippen LogP contribution in [-0.2, 0) is 9.53 Å². The van der Waals surface area contributed by atoms with Gasteiger partial charge in [0.2, 0.25) is 6.79 Å². The summed E-state index contributed by atoms with van der Waals surface area (Å²) >= 11 is 1.28. The molecule has 4 heterocycles. The highest BCUT2D eigenvalue weighted by molar-refractivity contribution is 7.07. The van der Waals surface area contributed by atoms with Gasteiger partial charge in [0.25, 0.3) is 5.56 Å². The van der Waals surface area contributed by atoms with Crippen molar-refractivity contribution in [3.05, 3.63) is 109 Å². The molecule has 0 radical (unpaired) electrons. The largest absolute Gasteiger partial charge is 0.495 e. The Morgan fingerprint density at radius 1 is 1.12 bits per heavy atom. The molecule has 0 unspecified atom stereocenters. The van der Waals surface area contributed by atoms with E-state index in [0.717, 1.165) is 27.7 Å². The second-order valence-electron chi connectivity index (χ2n) is 10.1. The van der Waals surface area contributed by atoms with Gasteiger partial charge in [-0.2, -0.15) is 0 Å². The lowest BCUT2D eigenvalue weighted by Crippen LogP contribution is -2.39. The number of hydrogen-bond donors (Lipinski definition) is 1. The molecule has 1 atom stereocenters. The highest BCUT2D eigenvalue weighted by atomic mass is 32.1. The van der Waals surface area contributed by atoms with Crippen molar-refractivity contribution in [2.24, 2.45) is 4.99 Å². The Hall–Kier alpha value is -5.09. The van der Waals surface area contributed by atoms with E-state index >= 15 is 0 Å². The summed E-state index contributed by atoms with van der Waals surface area (Å²) in [6.07, 6.45) is 1.89. The van der Waals surface area contributed by atoms with E-state index in [1.165, 1.54) is 11.3 Å². The Bertz CT molecular complexity index is 2120. The maximum atomic E-state index is 14.3. The Kier molecular flexibility index (Phi) is 6.62. The fraction of sp³-hybridized carbons (Fsp3) is 0.182. The number of methoxy groups -OCH3 is 1. The van der Waals surface area contributed by atoms with E-state index in [1.54, 1.807) is 31.6 Å². The number of ether oxygens (including phenoxy) is 4. The minimum atomic E-state index is -0.761. The molecule has 7 rings (SSSR count). The number of para-hydroxylation sites is 1. The SMILES string of the molecule is CCOC(=O)C1=C(C)N=c2sc(=Cc3c(-c4ccccc4)[nH]c4c(OC)cccc34)c(=O)n2[C@H]1c1ccc2c(c1)OCO2. The number of aromatic amines is 1. The zero-order valence-corrected chi connectivity index (χ0v) is 24.5. The molecule has 10 heteroatoms.